The molecule has 0 aromatic heterocycles. The Morgan fingerprint density at radius 3 is 2.54 bits per heavy atom. The molecule has 1 saturated heterocycles. The number of halogens is 2. The number of rotatable bonds is 4. The fourth-order valence-electron chi connectivity index (χ4n) is 3.14. The minimum absolute atomic E-state index is 0.00935. The molecule has 1 N–H and O–H groups in total. The molecular formula is C19H19F2N3. The normalized spacial score (nSPS) is 18.1. The van der Waals surface area contributed by atoms with Gasteiger partial charge < -0.3 is 5.32 Å². The Hall–Kier alpha value is -2.45. The van der Waals surface area contributed by atoms with Crippen molar-refractivity contribution < 1.29 is 8.78 Å². The zero-order chi connectivity index (χ0) is 16.9. The Morgan fingerprint density at radius 1 is 1.17 bits per heavy atom. The number of benzene rings is 2. The summed E-state index contributed by atoms with van der Waals surface area (Å²) in [6.07, 6.45) is 1.84. The molecule has 0 aliphatic carbocycles. The summed E-state index contributed by atoms with van der Waals surface area (Å²) in [6.45, 7) is 2.54. The van der Waals surface area contributed by atoms with Gasteiger partial charge in [0.1, 0.15) is 5.69 Å². The van der Waals surface area contributed by atoms with Crippen LogP contribution in [0.3, 0.4) is 0 Å². The predicted octanol–water partition coefficient (Wildman–Crippen LogP) is 3.91. The standard InChI is InChI=1S/C19H19F2N3/c20-17-9-15(11-22)10-18(21)19(17)23-16-7-4-8-24(13-16)12-14-5-2-1-3-6-14/h1-3,5-6,9-10,16,23H,4,7-8,12-13H2. The molecule has 3 nitrogen and oxygen atoms in total. The van der Waals surface area contributed by atoms with Crippen LogP contribution in [0.1, 0.15) is 24.0 Å². The Morgan fingerprint density at radius 2 is 1.88 bits per heavy atom. The molecule has 1 atom stereocenters. The van der Waals surface area contributed by atoms with E-state index in [0.717, 1.165) is 44.6 Å². The first-order valence-corrected chi connectivity index (χ1v) is 8.07. The van der Waals surface area contributed by atoms with E-state index < -0.39 is 11.6 Å². The van der Waals surface area contributed by atoms with Crippen molar-refractivity contribution in [2.75, 3.05) is 18.4 Å². The number of nitriles is 1. The molecule has 0 amide bonds. The monoisotopic (exact) mass is 327 g/mol. The molecule has 5 heteroatoms. The van der Waals surface area contributed by atoms with Gasteiger partial charge in [-0.3, -0.25) is 4.90 Å². The number of likely N-dealkylation sites (tertiary alicyclic amines) is 1. The molecule has 124 valence electrons. The van der Waals surface area contributed by atoms with Crippen LogP contribution in [0.4, 0.5) is 14.5 Å². The third-order valence-electron chi connectivity index (χ3n) is 4.27. The van der Waals surface area contributed by atoms with E-state index in [4.69, 9.17) is 5.26 Å². The third kappa shape index (κ3) is 3.90. The Bertz CT molecular complexity index is 717. The maximum Gasteiger partial charge on any atom is 0.150 e. The van der Waals surface area contributed by atoms with Gasteiger partial charge in [-0.15, -0.1) is 0 Å². The van der Waals surface area contributed by atoms with Gasteiger partial charge in [0, 0.05) is 19.1 Å². The van der Waals surface area contributed by atoms with Crippen molar-refractivity contribution in [3.8, 4) is 6.07 Å². The first kappa shape index (κ1) is 16.4. The van der Waals surface area contributed by atoms with E-state index in [0.29, 0.717) is 0 Å². The fourth-order valence-corrected chi connectivity index (χ4v) is 3.14. The van der Waals surface area contributed by atoms with E-state index >= 15 is 0 Å². The smallest absolute Gasteiger partial charge is 0.150 e. The average Bonchev–Trinajstić information content (AvgIpc) is 2.59. The first-order valence-electron chi connectivity index (χ1n) is 8.07. The van der Waals surface area contributed by atoms with Gasteiger partial charge in [0.15, 0.2) is 11.6 Å². The molecule has 0 spiro atoms. The highest BCUT2D eigenvalue weighted by Gasteiger charge is 2.22. The second-order valence-corrected chi connectivity index (χ2v) is 6.13. The molecular weight excluding hydrogens is 308 g/mol. The molecule has 0 saturated carbocycles. The van der Waals surface area contributed by atoms with Crippen LogP contribution in [-0.2, 0) is 6.54 Å². The van der Waals surface area contributed by atoms with Crippen LogP contribution in [0.15, 0.2) is 42.5 Å². The van der Waals surface area contributed by atoms with Crippen LogP contribution in [0, 0.1) is 23.0 Å². The molecule has 0 bridgehead atoms. The predicted molar refractivity (Wildman–Crippen MR) is 89.4 cm³/mol. The number of hydrogen-bond acceptors (Lipinski definition) is 3. The van der Waals surface area contributed by atoms with Crippen LogP contribution in [-0.4, -0.2) is 24.0 Å². The minimum atomic E-state index is -0.716. The Kier molecular flexibility index (Phi) is 5.07. The zero-order valence-electron chi connectivity index (χ0n) is 13.3. The lowest BCUT2D eigenvalue weighted by Crippen LogP contribution is -2.41. The number of piperidine rings is 1. The highest BCUT2D eigenvalue weighted by atomic mass is 19.1. The molecule has 2 aromatic carbocycles. The van der Waals surface area contributed by atoms with E-state index in [1.807, 2.05) is 18.2 Å². The summed E-state index contributed by atoms with van der Waals surface area (Å²) >= 11 is 0. The topological polar surface area (TPSA) is 39.1 Å². The molecule has 24 heavy (non-hydrogen) atoms. The van der Waals surface area contributed by atoms with Crippen LogP contribution in [0.25, 0.3) is 0 Å². The van der Waals surface area contributed by atoms with Crippen molar-refractivity contribution in [2.24, 2.45) is 0 Å². The van der Waals surface area contributed by atoms with Gasteiger partial charge in [0.05, 0.1) is 11.6 Å². The van der Waals surface area contributed by atoms with E-state index in [1.54, 1.807) is 6.07 Å². The van der Waals surface area contributed by atoms with Crippen molar-refractivity contribution >= 4 is 5.69 Å². The number of anilines is 1. The largest absolute Gasteiger partial charge is 0.376 e. The van der Waals surface area contributed by atoms with E-state index in [9.17, 15) is 8.78 Å². The summed E-state index contributed by atoms with van der Waals surface area (Å²) in [4.78, 5) is 2.29. The lowest BCUT2D eigenvalue weighted by molar-refractivity contribution is 0.208. The molecule has 1 aliphatic heterocycles. The van der Waals surface area contributed by atoms with E-state index in [-0.39, 0.29) is 17.3 Å². The van der Waals surface area contributed by atoms with Crippen LogP contribution in [0.5, 0.6) is 0 Å². The van der Waals surface area contributed by atoms with Crippen molar-refractivity contribution in [1.29, 1.82) is 5.26 Å². The Labute approximate surface area is 140 Å². The van der Waals surface area contributed by atoms with Gasteiger partial charge in [-0.2, -0.15) is 5.26 Å². The van der Waals surface area contributed by atoms with Gasteiger partial charge in [0.2, 0.25) is 0 Å². The van der Waals surface area contributed by atoms with Crippen LogP contribution in [0.2, 0.25) is 0 Å². The molecule has 1 aliphatic rings. The van der Waals surface area contributed by atoms with Gasteiger partial charge in [0.25, 0.3) is 0 Å². The first-order chi connectivity index (χ1) is 11.7. The summed E-state index contributed by atoms with van der Waals surface area (Å²) in [7, 11) is 0. The van der Waals surface area contributed by atoms with Crippen molar-refractivity contribution in [3.63, 3.8) is 0 Å². The SMILES string of the molecule is N#Cc1cc(F)c(NC2CCCN(Cc3ccccc3)C2)c(F)c1. The second-order valence-electron chi connectivity index (χ2n) is 6.13. The molecule has 1 fully saturated rings. The van der Waals surface area contributed by atoms with Crippen molar-refractivity contribution in [1.82, 2.24) is 4.90 Å². The van der Waals surface area contributed by atoms with Gasteiger partial charge in [-0.05, 0) is 37.1 Å². The number of nitrogens with one attached hydrogen (secondary N) is 1. The van der Waals surface area contributed by atoms with Crippen LogP contribution < -0.4 is 5.32 Å². The van der Waals surface area contributed by atoms with E-state index in [2.05, 4.69) is 22.3 Å². The minimum Gasteiger partial charge on any atom is -0.376 e. The second kappa shape index (κ2) is 7.41. The lowest BCUT2D eigenvalue weighted by Gasteiger charge is -2.33. The number of hydrogen-bond donors (Lipinski definition) is 1. The summed E-state index contributed by atoms with van der Waals surface area (Å²) in [6, 6.07) is 14.0. The highest BCUT2D eigenvalue weighted by molar-refractivity contribution is 5.51. The quantitative estimate of drug-likeness (QED) is 0.925. The maximum atomic E-state index is 14.0. The summed E-state index contributed by atoms with van der Waals surface area (Å²) in [5.41, 5.74) is 1.08. The fraction of sp³-hybridized carbons (Fsp3) is 0.316. The lowest BCUT2D eigenvalue weighted by atomic mass is 10.0. The van der Waals surface area contributed by atoms with Crippen molar-refractivity contribution in [2.45, 2.75) is 25.4 Å². The van der Waals surface area contributed by atoms with E-state index in [1.165, 1.54) is 5.56 Å². The van der Waals surface area contributed by atoms with Gasteiger partial charge in [-0.25, -0.2) is 8.78 Å². The molecule has 3 rings (SSSR count). The molecule has 0 radical (unpaired) electrons. The number of nitrogens with zero attached hydrogens (tertiary/aromatic N) is 2. The summed E-state index contributed by atoms with van der Waals surface area (Å²) in [5, 5.41) is 11.7. The summed E-state index contributed by atoms with van der Waals surface area (Å²) < 4.78 is 28.1. The Balaban J connectivity index is 1.67. The summed E-state index contributed by atoms with van der Waals surface area (Å²) in [5.74, 6) is -1.43. The van der Waals surface area contributed by atoms with Crippen LogP contribution >= 0.6 is 0 Å². The zero-order valence-corrected chi connectivity index (χ0v) is 13.3. The molecule has 1 unspecified atom stereocenters. The molecule has 1 heterocycles. The highest BCUT2D eigenvalue weighted by Crippen LogP contribution is 2.24. The molecule has 2 aromatic rings. The average molecular weight is 327 g/mol. The van der Waals surface area contributed by atoms with Crippen molar-refractivity contribution in [3.05, 3.63) is 65.2 Å². The van der Waals surface area contributed by atoms with Gasteiger partial charge >= 0.3 is 0 Å². The maximum absolute atomic E-state index is 14.0. The third-order valence-corrected chi connectivity index (χ3v) is 4.27. The van der Waals surface area contributed by atoms with Gasteiger partial charge in [-0.1, -0.05) is 30.3 Å².